The summed E-state index contributed by atoms with van der Waals surface area (Å²) in [6, 6.07) is 8.00. The van der Waals surface area contributed by atoms with E-state index in [2.05, 4.69) is 6.07 Å². The zero-order valence-corrected chi connectivity index (χ0v) is 28.1. The highest BCUT2D eigenvalue weighted by molar-refractivity contribution is 5.94. The van der Waals surface area contributed by atoms with E-state index in [4.69, 9.17) is 28.8 Å². The molecule has 4 aliphatic rings. The molecule has 1 atom stereocenters. The number of pyridine rings is 2. The Balaban J connectivity index is 1.04. The van der Waals surface area contributed by atoms with Gasteiger partial charge in [-0.3, -0.25) is 14.7 Å². The molecule has 48 heavy (non-hydrogen) atoms. The first-order valence-corrected chi connectivity index (χ1v) is 17.7. The molecule has 3 aromatic rings. The Morgan fingerprint density at radius 1 is 0.979 bits per heavy atom. The predicted molar refractivity (Wildman–Crippen MR) is 179 cm³/mol. The molecule has 0 spiro atoms. The predicted octanol–water partition coefficient (Wildman–Crippen LogP) is 6.40. The largest absolute Gasteiger partial charge is 0.495 e. The van der Waals surface area contributed by atoms with Crippen molar-refractivity contribution in [3.05, 3.63) is 54.0 Å². The van der Waals surface area contributed by atoms with E-state index in [0.29, 0.717) is 75.3 Å². The first kappa shape index (κ1) is 32.6. The minimum Gasteiger partial charge on any atom is -0.495 e. The van der Waals surface area contributed by atoms with E-state index in [1.807, 2.05) is 30.0 Å². The number of aryl methyl sites for hydroxylation is 1. The lowest BCUT2D eigenvalue weighted by molar-refractivity contribution is -0.124. The van der Waals surface area contributed by atoms with E-state index in [9.17, 15) is 14.7 Å². The van der Waals surface area contributed by atoms with E-state index in [0.717, 1.165) is 72.8 Å². The van der Waals surface area contributed by atoms with Crippen LogP contribution in [0.5, 0.6) is 5.75 Å². The van der Waals surface area contributed by atoms with Crippen LogP contribution in [-0.4, -0.2) is 75.9 Å². The van der Waals surface area contributed by atoms with Gasteiger partial charge in [-0.25, -0.2) is 14.8 Å². The summed E-state index contributed by atoms with van der Waals surface area (Å²) in [7, 11) is 1.67. The Kier molecular flexibility index (Phi) is 9.66. The third kappa shape index (κ3) is 7.36. The number of β-amino-alcohol motifs (C(OH)–C–C–N with tert-alkyl or cyclic N) is 1. The van der Waals surface area contributed by atoms with Crippen molar-refractivity contribution >= 4 is 17.8 Å². The lowest BCUT2D eigenvalue weighted by atomic mass is 9.79. The van der Waals surface area contributed by atoms with Crippen LogP contribution in [0, 0.1) is 18.8 Å². The number of ether oxygens (including phenoxy) is 2. The van der Waals surface area contributed by atoms with Crippen LogP contribution >= 0.6 is 0 Å². The highest BCUT2D eigenvalue weighted by Gasteiger charge is 2.36. The number of likely N-dealkylation sites (tertiary alicyclic amines) is 1. The molecule has 3 aromatic heterocycles. The maximum absolute atomic E-state index is 14.4. The molecule has 1 unspecified atom stereocenters. The number of rotatable bonds is 9. The number of aliphatic hydroxyl groups excluding tert-OH is 1. The van der Waals surface area contributed by atoms with Gasteiger partial charge in [0.25, 0.3) is 0 Å². The molecule has 0 radical (unpaired) electrons. The van der Waals surface area contributed by atoms with Crippen LogP contribution in [0.3, 0.4) is 0 Å². The monoisotopic (exact) mass is 657 g/mol. The molecule has 3 aliphatic carbocycles. The number of methoxy groups -OCH3 is 1. The molecule has 11 nitrogen and oxygen atoms in total. The Morgan fingerprint density at radius 3 is 2.44 bits per heavy atom. The number of carbonyl (C=O) groups excluding carboxylic acids is 2. The fourth-order valence-electron chi connectivity index (χ4n) is 7.64. The summed E-state index contributed by atoms with van der Waals surface area (Å²) in [6.07, 6.45) is 11.9. The van der Waals surface area contributed by atoms with Gasteiger partial charge in [-0.2, -0.15) is 0 Å². The summed E-state index contributed by atoms with van der Waals surface area (Å²) in [6.45, 7) is 3.43. The van der Waals surface area contributed by atoms with Crippen LogP contribution in [0.2, 0.25) is 0 Å². The van der Waals surface area contributed by atoms with Crippen LogP contribution in [0.15, 0.2) is 41.1 Å². The number of nitrogens with zero attached hydrogens (tertiary/aromatic N) is 5. The molecule has 3 saturated carbocycles. The molecule has 1 saturated heterocycles. The van der Waals surface area contributed by atoms with Gasteiger partial charge in [0.1, 0.15) is 29.6 Å². The summed E-state index contributed by atoms with van der Waals surface area (Å²) in [5.74, 6) is 3.31. The quantitative estimate of drug-likeness (QED) is 0.278. The van der Waals surface area contributed by atoms with Crippen molar-refractivity contribution in [1.82, 2.24) is 19.9 Å². The molecule has 1 aliphatic heterocycles. The molecule has 4 heterocycles. The number of anilines is 1. The van der Waals surface area contributed by atoms with Gasteiger partial charge in [-0.1, -0.05) is 0 Å². The fourth-order valence-corrected chi connectivity index (χ4v) is 7.64. The molecular formula is C37H47N5O6. The van der Waals surface area contributed by atoms with Gasteiger partial charge in [0.05, 0.1) is 18.9 Å². The van der Waals surface area contributed by atoms with Crippen molar-refractivity contribution < 1.29 is 28.6 Å². The number of amides is 2. The summed E-state index contributed by atoms with van der Waals surface area (Å²) < 4.78 is 17.0. The van der Waals surface area contributed by atoms with Gasteiger partial charge in [-0.15, -0.1) is 0 Å². The first-order chi connectivity index (χ1) is 23.3. The minimum absolute atomic E-state index is 0.0838. The molecule has 0 bridgehead atoms. The van der Waals surface area contributed by atoms with Crippen LogP contribution in [0.4, 0.5) is 10.6 Å². The van der Waals surface area contributed by atoms with Gasteiger partial charge in [0.2, 0.25) is 5.91 Å². The Labute approximate surface area is 282 Å². The van der Waals surface area contributed by atoms with Gasteiger partial charge in [0.15, 0.2) is 5.89 Å². The molecule has 11 heteroatoms. The average molecular weight is 658 g/mol. The zero-order valence-electron chi connectivity index (χ0n) is 28.1. The fraction of sp³-hybridized carbons (Fsp3) is 0.595. The van der Waals surface area contributed by atoms with Crippen molar-refractivity contribution in [2.24, 2.45) is 11.8 Å². The van der Waals surface area contributed by atoms with E-state index in [-0.39, 0.29) is 24.0 Å². The summed E-state index contributed by atoms with van der Waals surface area (Å²) in [4.78, 5) is 44.8. The minimum atomic E-state index is -0.480. The Bertz CT molecular complexity index is 1590. The lowest BCUT2D eigenvalue weighted by Gasteiger charge is -2.35. The summed E-state index contributed by atoms with van der Waals surface area (Å²) >= 11 is 0. The van der Waals surface area contributed by atoms with Crippen molar-refractivity contribution in [2.45, 2.75) is 102 Å². The molecule has 7 rings (SSSR count). The van der Waals surface area contributed by atoms with E-state index >= 15 is 0 Å². The van der Waals surface area contributed by atoms with Gasteiger partial charge < -0.3 is 23.9 Å². The number of aliphatic hydroxyl groups is 1. The Morgan fingerprint density at radius 2 is 1.75 bits per heavy atom. The van der Waals surface area contributed by atoms with Crippen LogP contribution in [0.25, 0.3) is 11.3 Å². The van der Waals surface area contributed by atoms with E-state index in [1.165, 1.54) is 0 Å². The van der Waals surface area contributed by atoms with Crippen molar-refractivity contribution in [3.63, 3.8) is 0 Å². The zero-order chi connectivity index (χ0) is 33.2. The second kappa shape index (κ2) is 14.2. The molecule has 0 aromatic carbocycles. The van der Waals surface area contributed by atoms with Crippen LogP contribution in [0.1, 0.15) is 99.7 Å². The van der Waals surface area contributed by atoms with E-state index < -0.39 is 6.10 Å². The highest BCUT2D eigenvalue weighted by Crippen LogP contribution is 2.41. The second-order valence-electron chi connectivity index (χ2n) is 14.2. The number of aromatic nitrogens is 3. The van der Waals surface area contributed by atoms with Crippen molar-refractivity contribution in [2.75, 3.05) is 31.6 Å². The Hall–Kier alpha value is -3.99. The van der Waals surface area contributed by atoms with Crippen LogP contribution in [-0.2, 0) is 9.53 Å². The van der Waals surface area contributed by atoms with Gasteiger partial charge in [0, 0.05) is 54.8 Å². The van der Waals surface area contributed by atoms with Gasteiger partial charge >= 0.3 is 6.09 Å². The number of hydrogen-bond donors (Lipinski definition) is 1. The highest BCUT2D eigenvalue weighted by atomic mass is 16.6. The smallest absolute Gasteiger partial charge is 0.410 e. The normalized spacial score (nSPS) is 25.9. The standard InChI is InChI=1S/C37H47N5O6/c1-23-33(46-2)14-13-31(39-23)25-5-3-24(4-6-25)20-42(34-19-28(15-17-38-34)32-22-47-35(40-32)26-7-8-26)36(44)27-9-11-30(12-10-27)48-37(45)41-18-16-29(43)21-41/h13-15,17,19,22,24-27,29-30,43H,3-12,16,18,20-21H2,1-2H3. The SMILES string of the molecule is COc1ccc(C2CCC(CN(C(=O)C3CCC(OC(=O)N4CCC(O)C4)CC3)c3cc(-c4coc(C5CC5)n4)ccn3)CC2)nc1C. The summed E-state index contributed by atoms with van der Waals surface area (Å²) in [5.41, 5.74) is 3.69. The maximum atomic E-state index is 14.4. The lowest BCUT2D eigenvalue weighted by Crippen LogP contribution is -2.43. The molecule has 1 N–H and O–H groups in total. The maximum Gasteiger partial charge on any atom is 0.410 e. The van der Waals surface area contributed by atoms with Gasteiger partial charge in [-0.05, 0) is 108 Å². The summed E-state index contributed by atoms with van der Waals surface area (Å²) in [5, 5.41) is 9.80. The second-order valence-corrected chi connectivity index (χ2v) is 14.2. The molecule has 2 amide bonds. The number of carbonyl (C=O) groups is 2. The molecule has 256 valence electrons. The third-order valence-electron chi connectivity index (χ3n) is 10.7. The molecular weight excluding hydrogens is 610 g/mol. The van der Waals surface area contributed by atoms with Crippen molar-refractivity contribution in [1.29, 1.82) is 0 Å². The van der Waals surface area contributed by atoms with E-state index in [1.54, 1.807) is 24.5 Å². The van der Waals surface area contributed by atoms with Crippen LogP contribution < -0.4 is 9.64 Å². The number of oxazole rings is 1. The average Bonchev–Trinajstić information content (AvgIpc) is 3.67. The first-order valence-electron chi connectivity index (χ1n) is 17.7. The number of hydrogen-bond acceptors (Lipinski definition) is 9. The molecule has 4 fully saturated rings. The third-order valence-corrected chi connectivity index (χ3v) is 10.7. The van der Waals surface area contributed by atoms with Crippen molar-refractivity contribution in [3.8, 4) is 17.0 Å². The topological polar surface area (TPSA) is 131 Å².